The summed E-state index contributed by atoms with van der Waals surface area (Å²) >= 11 is 0. The molecule has 0 bridgehead atoms. The van der Waals surface area contributed by atoms with Crippen LogP contribution in [0.25, 0.3) is 0 Å². The van der Waals surface area contributed by atoms with Gasteiger partial charge in [-0.3, -0.25) is 4.84 Å². The Kier molecular flexibility index (Phi) is 5.44. The van der Waals surface area contributed by atoms with Crippen molar-refractivity contribution in [3.8, 4) is 5.75 Å². The number of nitrogens with zero attached hydrogens (tertiary/aromatic N) is 1. The van der Waals surface area contributed by atoms with E-state index in [1.54, 1.807) is 7.11 Å². The average molecular weight is 292 g/mol. The van der Waals surface area contributed by atoms with Gasteiger partial charge in [-0.1, -0.05) is 19.1 Å². The van der Waals surface area contributed by atoms with E-state index in [0.29, 0.717) is 0 Å². The monoisotopic (exact) mass is 292 g/mol. The summed E-state index contributed by atoms with van der Waals surface area (Å²) in [7, 11) is 3.17. The number of fused-ring (bicyclic) bond motifs is 1. The second-order valence-electron chi connectivity index (χ2n) is 5.30. The molecule has 2 amide bonds. The number of nitrogens with one attached hydrogen (secondary N) is 1. The molecule has 5 heteroatoms. The maximum absolute atomic E-state index is 12.1. The number of rotatable bonds is 5. The Bertz CT molecular complexity index is 490. The van der Waals surface area contributed by atoms with Crippen LogP contribution in [-0.4, -0.2) is 37.7 Å². The molecule has 1 atom stereocenters. The van der Waals surface area contributed by atoms with Crippen molar-refractivity contribution < 1.29 is 14.4 Å². The number of amides is 2. The second kappa shape index (κ2) is 7.31. The van der Waals surface area contributed by atoms with Gasteiger partial charge >= 0.3 is 6.03 Å². The van der Waals surface area contributed by atoms with Gasteiger partial charge in [-0.2, -0.15) is 0 Å². The molecule has 1 aromatic rings. The Labute approximate surface area is 126 Å². The van der Waals surface area contributed by atoms with Crippen molar-refractivity contribution >= 4 is 6.03 Å². The smallest absolute Gasteiger partial charge is 0.341 e. The Morgan fingerprint density at radius 1 is 1.43 bits per heavy atom. The van der Waals surface area contributed by atoms with Gasteiger partial charge in [0, 0.05) is 12.6 Å². The average Bonchev–Trinajstić information content (AvgIpc) is 2.51. The summed E-state index contributed by atoms with van der Waals surface area (Å²) in [5, 5.41) is 0. The fourth-order valence-electron chi connectivity index (χ4n) is 3.05. The lowest BCUT2D eigenvalue weighted by Crippen LogP contribution is -2.48. The number of hydroxylamine groups is 1. The van der Waals surface area contributed by atoms with Crippen LogP contribution >= 0.6 is 0 Å². The molecule has 1 aromatic carbocycles. The molecular formula is C16H24N2O3. The number of hydrogen-bond donors (Lipinski definition) is 1. The summed E-state index contributed by atoms with van der Waals surface area (Å²) in [6, 6.07) is 6.19. The molecular weight excluding hydrogens is 268 g/mol. The predicted molar refractivity (Wildman–Crippen MR) is 81.3 cm³/mol. The molecule has 0 radical (unpaired) electrons. The quantitative estimate of drug-likeness (QED) is 0.849. The van der Waals surface area contributed by atoms with Crippen molar-refractivity contribution in [3.63, 3.8) is 0 Å². The summed E-state index contributed by atoms with van der Waals surface area (Å²) < 4.78 is 5.43. The van der Waals surface area contributed by atoms with Crippen molar-refractivity contribution in [2.24, 2.45) is 0 Å². The van der Waals surface area contributed by atoms with Gasteiger partial charge in [-0.05, 0) is 42.9 Å². The van der Waals surface area contributed by atoms with Gasteiger partial charge in [0.05, 0.1) is 14.2 Å². The molecule has 5 nitrogen and oxygen atoms in total. The van der Waals surface area contributed by atoms with Crippen molar-refractivity contribution in [2.75, 3.05) is 20.8 Å². The predicted octanol–water partition coefficient (Wildman–Crippen LogP) is 2.54. The van der Waals surface area contributed by atoms with Crippen LogP contribution < -0.4 is 10.2 Å². The summed E-state index contributed by atoms with van der Waals surface area (Å²) in [5.41, 5.74) is 4.99. The minimum absolute atomic E-state index is 0.157. The molecule has 1 unspecified atom stereocenters. The molecule has 1 N–H and O–H groups in total. The number of hydrogen-bond acceptors (Lipinski definition) is 3. The first-order valence-electron chi connectivity index (χ1n) is 7.45. The van der Waals surface area contributed by atoms with Gasteiger partial charge in [0.2, 0.25) is 0 Å². The van der Waals surface area contributed by atoms with Crippen LogP contribution in [0.3, 0.4) is 0 Å². The van der Waals surface area contributed by atoms with Crippen LogP contribution in [0, 0.1) is 0 Å². The van der Waals surface area contributed by atoms with E-state index in [0.717, 1.165) is 38.0 Å². The number of carbonyl (C=O) groups excluding carboxylic acids is 1. The van der Waals surface area contributed by atoms with E-state index in [-0.39, 0.29) is 12.1 Å². The lowest BCUT2D eigenvalue weighted by atomic mass is 9.87. The summed E-state index contributed by atoms with van der Waals surface area (Å²) in [6.07, 6.45) is 3.68. The molecule has 0 heterocycles. The fourth-order valence-corrected chi connectivity index (χ4v) is 3.05. The SMILES string of the molecule is CCCN(C(=O)NOC)C1CCc2c(cccc2OC)C1. The molecule has 0 fully saturated rings. The molecule has 0 saturated carbocycles. The van der Waals surface area contributed by atoms with Crippen molar-refractivity contribution in [1.82, 2.24) is 10.4 Å². The number of carbonyl (C=O) groups is 1. The Morgan fingerprint density at radius 3 is 2.90 bits per heavy atom. The third-order valence-corrected chi connectivity index (χ3v) is 3.99. The zero-order chi connectivity index (χ0) is 15.2. The van der Waals surface area contributed by atoms with E-state index in [4.69, 9.17) is 9.57 Å². The Hall–Kier alpha value is -1.75. The zero-order valence-electron chi connectivity index (χ0n) is 13.0. The molecule has 0 saturated heterocycles. The van der Waals surface area contributed by atoms with E-state index in [1.165, 1.54) is 18.2 Å². The molecule has 0 spiro atoms. The van der Waals surface area contributed by atoms with Gasteiger partial charge in [-0.15, -0.1) is 0 Å². The number of methoxy groups -OCH3 is 1. The largest absolute Gasteiger partial charge is 0.496 e. The normalized spacial score (nSPS) is 17.0. The topological polar surface area (TPSA) is 50.8 Å². The van der Waals surface area contributed by atoms with Gasteiger partial charge in [0.25, 0.3) is 0 Å². The highest BCUT2D eigenvalue weighted by atomic mass is 16.6. The van der Waals surface area contributed by atoms with Gasteiger partial charge in [-0.25, -0.2) is 10.3 Å². The molecule has 21 heavy (non-hydrogen) atoms. The van der Waals surface area contributed by atoms with Crippen LogP contribution in [0.4, 0.5) is 4.79 Å². The standard InChI is InChI=1S/C16H24N2O3/c1-4-10-18(16(19)17-21-3)13-8-9-14-12(11-13)6-5-7-15(14)20-2/h5-7,13H,4,8-11H2,1-3H3,(H,17,19). The number of benzene rings is 1. The summed E-state index contributed by atoms with van der Waals surface area (Å²) in [4.78, 5) is 18.8. The third-order valence-electron chi connectivity index (χ3n) is 3.99. The highest BCUT2D eigenvalue weighted by Gasteiger charge is 2.28. The van der Waals surface area contributed by atoms with E-state index in [2.05, 4.69) is 18.5 Å². The Morgan fingerprint density at radius 2 is 2.24 bits per heavy atom. The Balaban J connectivity index is 2.16. The second-order valence-corrected chi connectivity index (χ2v) is 5.30. The first kappa shape index (κ1) is 15.6. The van der Waals surface area contributed by atoms with Crippen LogP contribution in [0.15, 0.2) is 18.2 Å². The third kappa shape index (κ3) is 3.47. The van der Waals surface area contributed by atoms with Crippen LogP contribution in [0.5, 0.6) is 5.75 Å². The zero-order valence-corrected chi connectivity index (χ0v) is 13.0. The molecule has 1 aliphatic rings. The minimum atomic E-state index is -0.157. The van der Waals surface area contributed by atoms with Gasteiger partial charge in [0.1, 0.15) is 5.75 Å². The summed E-state index contributed by atoms with van der Waals surface area (Å²) in [6.45, 7) is 2.81. The maximum atomic E-state index is 12.1. The maximum Gasteiger partial charge on any atom is 0.341 e. The minimum Gasteiger partial charge on any atom is -0.496 e. The molecule has 0 aliphatic heterocycles. The molecule has 1 aliphatic carbocycles. The van der Waals surface area contributed by atoms with E-state index >= 15 is 0 Å². The van der Waals surface area contributed by atoms with Crippen LogP contribution in [0.2, 0.25) is 0 Å². The first-order chi connectivity index (χ1) is 10.2. The van der Waals surface area contributed by atoms with Crippen LogP contribution in [-0.2, 0) is 17.7 Å². The van der Waals surface area contributed by atoms with Gasteiger partial charge < -0.3 is 9.64 Å². The van der Waals surface area contributed by atoms with Gasteiger partial charge in [0.15, 0.2) is 0 Å². The number of ether oxygens (including phenoxy) is 1. The molecule has 116 valence electrons. The fraction of sp³-hybridized carbons (Fsp3) is 0.562. The highest BCUT2D eigenvalue weighted by molar-refractivity contribution is 5.73. The van der Waals surface area contributed by atoms with E-state index < -0.39 is 0 Å². The van der Waals surface area contributed by atoms with Crippen molar-refractivity contribution in [3.05, 3.63) is 29.3 Å². The van der Waals surface area contributed by atoms with Crippen molar-refractivity contribution in [2.45, 2.75) is 38.6 Å². The van der Waals surface area contributed by atoms with E-state index in [1.807, 2.05) is 17.0 Å². The molecule has 2 rings (SSSR count). The lowest BCUT2D eigenvalue weighted by Gasteiger charge is -2.35. The molecule has 0 aromatic heterocycles. The summed E-state index contributed by atoms with van der Waals surface area (Å²) in [5.74, 6) is 0.953. The number of urea groups is 1. The van der Waals surface area contributed by atoms with Crippen molar-refractivity contribution in [1.29, 1.82) is 0 Å². The lowest BCUT2D eigenvalue weighted by molar-refractivity contribution is 0.0759. The highest BCUT2D eigenvalue weighted by Crippen LogP contribution is 2.31. The van der Waals surface area contributed by atoms with Crippen LogP contribution in [0.1, 0.15) is 30.9 Å². The van der Waals surface area contributed by atoms with E-state index in [9.17, 15) is 4.79 Å². The first-order valence-corrected chi connectivity index (χ1v) is 7.45.